The number of halogens is 1. The molecule has 1 amide bonds. The molecule has 0 saturated carbocycles. The Bertz CT molecular complexity index is 1440. The number of fused-ring (bicyclic) bond motifs is 1. The standard InChI is InChI=1S/C24H25ClN6O3/c1-5-30-20-7-6-16(9-17(20)11-21(23(30)33)34-13-22(32)26-4)10-19-18(25)12-27-24(28-19)31-15(3)8-14(2)29-31/h6-9,11-12H,5,10,13H2,1-4H3,(H,26,32). The van der Waals surface area contributed by atoms with Crippen molar-refractivity contribution in [3.05, 3.63) is 74.6 Å². The van der Waals surface area contributed by atoms with E-state index < -0.39 is 0 Å². The molecule has 0 fully saturated rings. The summed E-state index contributed by atoms with van der Waals surface area (Å²) in [6.07, 6.45) is 2.04. The van der Waals surface area contributed by atoms with E-state index in [1.165, 1.54) is 7.05 Å². The maximum Gasteiger partial charge on any atom is 0.293 e. The number of ether oxygens (including phenoxy) is 1. The summed E-state index contributed by atoms with van der Waals surface area (Å²) in [6, 6.07) is 9.43. The van der Waals surface area contributed by atoms with E-state index in [-0.39, 0.29) is 23.8 Å². The van der Waals surface area contributed by atoms with E-state index >= 15 is 0 Å². The fourth-order valence-corrected chi connectivity index (χ4v) is 3.95. The Hall–Kier alpha value is -3.72. The van der Waals surface area contributed by atoms with E-state index in [9.17, 15) is 9.59 Å². The van der Waals surface area contributed by atoms with E-state index in [1.54, 1.807) is 21.5 Å². The predicted octanol–water partition coefficient (Wildman–Crippen LogP) is 2.98. The molecule has 3 heterocycles. The molecule has 3 aromatic heterocycles. The zero-order valence-electron chi connectivity index (χ0n) is 19.4. The molecule has 0 unspecified atom stereocenters. The molecule has 1 aromatic carbocycles. The largest absolute Gasteiger partial charge is 0.478 e. The fraction of sp³-hybridized carbons (Fsp3) is 0.292. The summed E-state index contributed by atoms with van der Waals surface area (Å²) < 4.78 is 8.81. The van der Waals surface area contributed by atoms with Crippen molar-refractivity contribution in [2.75, 3.05) is 13.7 Å². The summed E-state index contributed by atoms with van der Waals surface area (Å²) in [7, 11) is 1.52. The van der Waals surface area contributed by atoms with Gasteiger partial charge in [0.25, 0.3) is 17.4 Å². The van der Waals surface area contributed by atoms with Gasteiger partial charge in [0.05, 0.1) is 28.1 Å². The third kappa shape index (κ3) is 4.65. The summed E-state index contributed by atoms with van der Waals surface area (Å²) in [5.41, 5.74) is 3.92. The van der Waals surface area contributed by atoms with Crippen LogP contribution in [0.1, 0.15) is 29.6 Å². The first kappa shape index (κ1) is 23.4. The van der Waals surface area contributed by atoms with Gasteiger partial charge in [0.1, 0.15) is 0 Å². The van der Waals surface area contributed by atoms with Gasteiger partial charge in [-0.3, -0.25) is 9.59 Å². The van der Waals surface area contributed by atoms with E-state index in [4.69, 9.17) is 16.3 Å². The van der Waals surface area contributed by atoms with Crippen LogP contribution in [0.3, 0.4) is 0 Å². The normalized spacial score (nSPS) is 11.1. The predicted molar refractivity (Wildman–Crippen MR) is 130 cm³/mol. The second kappa shape index (κ2) is 9.64. The van der Waals surface area contributed by atoms with Crippen LogP contribution in [0.4, 0.5) is 0 Å². The van der Waals surface area contributed by atoms with Gasteiger partial charge in [0.15, 0.2) is 12.4 Å². The van der Waals surface area contributed by atoms with Gasteiger partial charge in [0.2, 0.25) is 0 Å². The zero-order valence-corrected chi connectivity index (χ0v) is 20.2. The number of nitrogens with zero attached hydrogens (tertiary/aromatic N) is 5. The maximum absolute atomic E-state index is 12.8. The van der Waals surface area contributed by atoms with Crippen molar-refractivity contribution in [1.29, 1.82) is 0 Å². The summed E-state index contributed by atoms with van der Waals surface area (Å²) in [6.45, 7) is 5.98. The molecule has 10 heteroatoms. The average Bonchev–Trinajstić information content (AvgIpc) is 3.16. The number of nitrogens with one attached hydrogen (secondary N) is 1. The van der Waals surface area contributed by atoms with Crippen LogP contribution in [0.25, 0.3) is 16.9 Å². The van der Waals surface area contributed by atoms with Crippen LogP contribution in [0.5, 0.6) is 5.75 Å². The highest BCUT2D eigenvalue weighted by Gasteiger charge is 2.14. The molecule has 0 atom stereocenters. The smallest absolute Gasteiger partial charge is 0.293 e. The first-order valence-electron chi connectivity index (χ1n) is 10.9. The van der Waals surface area contributed by atoms with Gasteiger partial charge in [-0.1, -0.05) is 17.7 Å². The van der Waals surface area contributed by atoms with E-state index in [2.05, 4.69) is 20.4 Å². The molecular weight excluding hydrogens is 456 g/mol. The monoisotopic (exact) mass is 480 g/mol. The Labute approximate surface area is 201 Å². The lowest BCUT2D eigenvalue weighted by atomic mass is 10.1. The second-order valence-electron chi connectivity index (χ2n) is 7.89. The van der Waals surface area contributed by atoms with Crippen molar-refractivity contribution in [2.45, 2.75) is 33.7 Å². The molecule has 0 saturated heterocycles. The third-order valence-electron chi connectivity index (χ3n) is 5.45. The number of hydrogen-bond donors (Lipinski definition) is 1. The van der Waals surface area contributed by atoms with E-state index in [0.717, 1.165) is 27.9 Å². The van der Waals surface area contributed by atoms with Crippen LogP contribution in [-0.4, -0.2) is 43.9 Å². The van der Waals surface area contributed by atoms with Gasteiger partial charge in [-0.25, -0.2) is 14.6 Å². The summed E-state index contributed by atoms with van der Waals surface area (Å²) >= 11 is 6.42. The Kier molecular flexibility index (Phi) is 6.65. The highest BCUT2D eigenvalue weighted by Crippen LogP contribution is 2.23. The van der Waals surface area contributed by atoms with Crippen molar-refractivity contribution in [3.63, 3.8) is 0 Å². The number of carbonyl (C=O) groups excluding carboxylic acids is 1. The lowest BCUT2D eigenvalue weighted by molar-refractivity contribution is -0.122. The number of rotatable bonds is 7. The quantitative estimate of drug-likeness (QED) is 0.436. The third-order valence-corrected chi connectivity index (χ3v) is 5.77. The molecule has 0 bridgehead atoms. The average molecular weight is 481 g/mol. The minimum Gasteiger partial charge on any atom is -0.478 e. The molecule has 0 spiro atoms. The van der Waals surface area contributed by atoms with Crippen LogP contribution in [0.15, 0.2) is 41.3 Å². The minimum atomic E-state index is -0.312. The Morgan fingerprint density at radius 1 is 1.21 bits per heavy atom. The molecule has 0 aliphatic rings. The number of carbonyl (C=O) groups is 1. The number of hydrogen-bond acceptors (Lipinski definition) is 6. The van der Waals surface area contributed by atoms with Crippen LogP contribution in [-0.2, 0) is 17.8 Å². The molecule has 34 heavy (non-hydrogen) atoms. The number of aryl methyl sites for hydroxylation is 3. The van der Waals surface area contributed by atoms with Crippen molar-refractivity contribution in [2.24, 2.45) is 0 Å². The second-order valence-corrected chi connectivity index (χ2v) is 8.30. The molecule has 0 aliphatic heterocycles. The Morgan fingerprint density at radius 2 is 2.00 bits per heavy atom. The Balaban J connectivity index is 1.71. The highest BCUT2D eigenvalue weighted by atomic mass is 35.5. The van der Waals surface area contributed by atoms with Crippen LogP contribution in [0, 0.1) is 13.8 Å². The van der Waals surface area contributed by atoms with Gasteiger partial charge in [-0.15, -0.1) is 0 Å². The number of aromatic nitrogens is 5. The SMILES string of the molecule is CCn1c(=O)c(OCC(=O)NC)cc2cc(Cc3nc(-n4nc(C)cc4C)ncc3Cl)ccc21. The van der Waals surface area contributed by atoms with Gasteiger partial charge >= 0.3 is 0 Å². The summed E-state index contributed by atoms with van der Waals surface area (Å²) in [5, 5.41) is 8.20. The molecule has 4 rings (SSSR count). The Morgan fingerprint density at radius 3 is 2.68 bits per heavy atom. The first-order chi connectivity index (χ1) is 16.3. The lowest BCUT2D eigenvalue weighted by Gasteiger charge is -2.13. The summed E-state index contributed by atoms with van der Waals surface area (Å²) in [5.74, 6) is 0.269. The molecule has 176 valence electrons. The molecule has 4 aromatic rings. The topological polar surface area (TPSA) is 104 Å². The van der Waals surface area contributed by atoms with Crippen molar-refractivity contribution >= 4 is 28.4 Å². The molecule has 0 aliphatic carbocycles. The molecule has 0 radical (unpaired) electrons. The number of benzene rings is 1. The van der Waals surface area contributed by atoms with Gasteiger partial charge < -0.3 is 14.6 Å². The molecular formula is C24H25ClN6O3. The van der Waals surface area contributed by atoms with E-state index in [1.807, 2.05) is 45.0 Å². The van der Waals surface area contributed by atoms with Gasteiger partial charge in [-0.2, -0.15) is 5.10 Å². The van der Waals surface area contributed by atoms with Crippen LogP contribution < -0.4 is 15.6 Å². The van der Waals surface area contributed by atoms with E-state index in [0.29, 0.717) is 29.6 Å². The lowest BCUT2D eigenvalue weighted by Crippen LogP contribution is -2.28. The van der Waals surface area contributed by atoms with Crippen molar-refractivity contribution in [1.82, 2.24) is 29.6 Å². The van der Waals surface area contributed by atoms with Gasteiger partial charge in [0, 0.05) is 31.1 Å². The number of likely N-dealkylation sites (N-methyl/N-ethyl adjacent to an activating group) is 1. The molecule has 1 N–H and O–H groups in total. The molecule has 9 nitrogen and oxygen atoms in total. The minimum absolute atomic E-state index is 0.127. The van der Waals surface area contributed by atoms with Crippen molar-refractivity contribution in [3.8, 4) is 11.7 Å². The number of amides is 1. The highest BCUT2D eigenvalue weighted by molar-refractivity contribution is 6.31. The zero-order chi connectivity index (χ0) is 24.4. The maximum atomic E-state index is 12.8. The number of pyridine rings is 1. The fourth-order valence-electron chi connectivity index (χ4n) is 3.80. The van der Waals surface area contributed by atoms with Crippen LogP contribution in [0.2, 0.25) is 5.02 Å². The van der Waals surface area contributed by atoms with Gasteiger partial charge in [-0.05, 0) is 50.6 Å². The van der Waals surface area contributed by atoms with Crippen molar-refractivity contribution < 1.29 is 9.53 Å². The van der Waals surface area contributed by atoms with Crippen LogP contribution >= 0.6 is 11.6 Å². The first-order valence-corrected chi connectivity index (χ1v) is 11.2. The summed E-state index contributed by atoms with van der Waals surface area (Å²) in [4.78, 5) is 33.4.